The first-order valence-corrected chi connectivity index (χ1v) is 8.96. The quantitative estimate of drug-likeness (QED) is 0.395. The summed E-state index contributed by atoms with van der Waals surface area (Å²) in [6.07, 6.45) is 0.547. The van der Waals surface area contributed by atoms with Crippen molar-refractivity contribution in [3.8, 4) is 0 Å². The van der Waals surface area contributed by atoms with Crippen LogP contribution in [0.3, 0.4) is 0 Å². The largest absolute Gasteiger partial charge is 0.481 e. The predicted molar refractivity (Wildman–Crippen MR) is 101 cm³/mol. The second-order valence-corrected chi connectivity index (χ2v) is 6.94. The Balaban J connectivity index is 1.97. The molecule has 9 heteroatoms. The van der Waals surface area contributed by atoms with Gasteiger partial charge in [-0.25, -0.2) is 4.39 Å². The van der Waals surface area contributed by atoms with E-state index >= 15 is 0 Å². The Morgan fingerprint density at radius 1 is 1.17 bits per heavy atom. The average Bonchev–Trinajstić information content (AvgIpc) is 3.02. The monoisotopic (exact) mass is 402 g/mol. The molecule has 2 aromatic rings. The summed E-state index contributed by atoms with van der Waals surface area (Å²) in [6.45, 7) is 0.166. The second-order valence-electron chi connectivity index (χ2n) is 6.94. The Hall–Kier alpha value is -3.49. The molecule has 0 radical (unpaired) electrons. The number of carboxylic acid groups (broad SMARTS) is 2. The van der Waals surface area contributed by atoms with Crippen LogP contribution >= 0.6 is 0 Å². The zero-order valence-corrected chi connectivity index (χ0v) is 15.3. The lowest BCUT2D eigenvalue weighted by Gasteiger charge is -2.22. The van der Waals surface area contributed by atoms with E-state index in [-0.39, 0.29) is 5.56 Å². The van der Waals surface area contributed by atoms with Gasteiger partial charge in [-0.1, -0.05) is 36.4 Å². The number of halogens is 1. The van der Waals surface area contributed by atoms with Gasteiger partial charge in [-0.05, 0) is 29.2 Å². The first kappa shape index (κ1) is 20.2. The second kappa shape index (κ2) is 8.26. The minimum Gasteiger partial charge on any atom is -0.481 e. The van der Waals surface area contributed by atoms with Gasteiger partial charge in [0.15, 0.2) is 5.92 Å². The van der Waals surface area contributed by atoms with Crippen molar-refractivity contribution in [3.05, 3.63) is 75.1 Å². The summed E-state index contributed by atoms with van der Waals surface area (Å²) >= 11 is 0. The molecule has 1 heterocycles. The number of aliphatic carboxylic acids is 2. The molecule has 0 saturated carbocycles. The summed E-state index contributed by atoms with van der Waals surface area (Å²) in [5, 5.41) is 29.5. The van der Waals surface area contributed by atoms with E-state index in [0.717, 1.165) is 5.56 Å². The van der Waals surface area contributed by atoms with E-state index in [0.29, 0.717) is 30.8 Å². The third-order valence-corrected chi connectivity index (χ3v) is 5.09. The van der Waals surface area contributed by atoms with E-state index in [9.17, 15) is 34.3 Å². The van der Waals surface area contributed by atoms with Gasteiger partial charge in [0.05, 0.1) is 5.92 Å². The van der Waals surface area contributed by atoms with Crippen molar-refractivity contribution in [2.24, 2.45) is 5.92 Å². The van der Waals surface area contributed by atoms with Crippen LogP contribution in [-0.2, 0) is 22.6 Å². The molecular formula is C20H19FN2O6. The lowest BCUT2D eigenvalue weighted by atomic mass is 9.84. The maximum Gasteiger partial charge on any atom is 0.318 e. The number of fused-ring (bicyclic) bond motifs is 1. The van der Waals surface area contributed by atoms with Crippen LogP contribution in [-0.4, -0.2) is 40.2 Å². The normalized spacial score (nSPS) is 13.9. The zero-order valence-electron chi connectivity index (χ0n) is 15.3. The standard InChI is InChI=1S/C20H19FN2O6/c21-16-9-17-13(6-7-22(17)10-12-4-2-1-3-5-12)8-14(16)15(11-23(28)29)18(19(24)25)20(26)27/h1-5,8-9,15,18H,6-7,10-11H2,(H,24,25)(H,26,27)/t15-/m0/s1. The van der Waals surface area contributed by atoms with Gasteiger partial charge in [-0.15, -0.1) is 0 Å². The molecule has 8 nitrogen and oxygen atoms in total. The third kappa shape index (κ3) is 4.34. The van der Waals surface area contributed by atoms with Crippen LogP contribution in [0.4, 0.5) is 10.1 Å². The minimum absolute atomic E-state index is 0.253. The topological polar surface area (TPSA) is 121 Å². The van der Waals surface area contributed by atoms with Crippen LogP contribution in [0.25, 0.3) is 0 Å². The molecule has 0 saturated heterocycles. The number of carbonyl (C=O) groups is 2. The molecule has 0 unspecified atom stereocenters. The molecule has 0 aromatic heterocycles. The zero-order chi connectivity index (χ0) is 21.1. The first-order valence-electron chi connectivity index (χ1n) is 8.96. The summed E-state index contributed by atoms with van der Waals surface area (Å²) in [5.41, 5.74) is 2.11. The number of rotatable bonds is 8. The number of hydrogen-bond donors (Lipinski definition) is 2. The molecule has 3 rings (SSSR count). The smallest absolute Gasteiger partial charge is 0.318 e. The van der Waals surface area contributed by atoms with E-state index in [2.05, 4.69) is 0 Å². The van der Waals surface area contributed by atoms with E-state index in [1.165, 1.54) is 12.1 Å². The van der Waals surface area contributed by atoms with Crippen LogP contribution < -0.4 is 4.90 Å². The van der Waals surface area contributed by atoms with E-state index in [1.807, 2.05) is 35.2 Å². The summed E-state index contributed by atoms with van der Waals surface area (Å²) in [7, 11) is 0. The van der Waals surface area contributed by atoms with Crippen molar-refractivity contribution in [2.45, 2.75) is 18.9 Å². The van der Waals surface area contributed by atoms with Gasteiger partial charge in [-0.3, -0.25) is 19.7 Å². The minimum atomic E-state index is -2.12. The van der Waals surface area contributed by atoms with Crippen molar-refractivity contribution in [3.63, 3.8) is 0 Å². The molecule has 0 fully saturated rings. The lowest BCUT2D eigenvalue weighted by molar-refractivity contribution is -0.484. The number of anilines is 1. The number of nitrogens with zero attached hydrogens (tertiary/aromatic N) is 2. The summed E-state index contributed by atoms with van der Waals surface area (Å²) in [6, 6.07) is 12.2. The fourth-order valence-electron chi connectivity index (χ4n) is 3.74. The molecule has 2 aromatic carbocycles. The average molecular weight is 402 g/mol. The molecule has 1 aliphatic heterocycles. The van der Waals surface area contributed by atoms with Gasteiger partial charge >= 0.3 is 11.9 Å². The van der Waals surface area contributed by atoms with Crippen molar-refractivity contribution < 1.29 is 29.1 Å². The Kier molecular flexibility index (Phi) is 5.76. The first-order chi connectivity index (χ1) is 13.8. The van der Waals surface area contributed by atoms with Gasteiger partial charge in [0.25, 0.3) is 0 Å². The molecule has 29 heavy (non-hydrogen) atoms. The van der Waals surface area contributed by atoms with Crippen molar-refractivity contribution >= 4 is 17.6 Å². The van der Waals surface area contributed by atoms with Gasteiger partial charge in [0, 0.05) is 23.7 Å². The summed E-state index contributed by atoms with van der Waals surface area (Å²) < 4.78 is 14.9. The highest BCUT2D eigenvalue weighted by Crippen LogP contribution is 2.36. The predicted octanol–water partition coefficient (Wildman–Crippen LogP) is 2.53. The Morgan fingerprint density at radius 2 is 1.83 bits per heavy atom. The SMILES string of the molecule is O=C(O)C(C(=O)O)[C@@H](C[N+](=O)[O-])c1cc2c(cc1F)N(Cc1ccccc1)CC2. The van der Waals surface area contributed by atoms with E-state index in [4.69, 9.17) is 0 Å². The summed E-state index contributed by atoms with van der Waals surface area (Å²) in [5.74, 6) is -8.06. The molecule has 0 bridgehead atoms. The molecule has 0 amide bonds. The fraction of sp³-hybridized carbons (Fsp3) is 0.300. The highest BCUT2D eigenvalue weighted by Gasteiger charge is 2.41. The van der Waals surface area contributed by atoms with Gasteiger partial charge in [0.1, 0.15) is 5.82 Å². The van der Waals surface area contributed by atoms with Crippen LogP contribution in [0, 0.1) is 21.8 Å². The van der Waals surface area contributed by atoms with E-state index in [1.54, 1.807) is 0 Å². The molecular weight excluding hydrogens is 383 g/mol. The maximum atomic E-state index is 14.9. The van der Waals surface area contributed by atoms with Crippen molar-refractivity contribution in [1.82, 2.24) is 0 Å². The molecule has 152 valence electrons. The van der Waals surface area contributed by atoms with Crippen LogP contribution in [0.5, 0.6) is 0 Å². The molecule has 1 aliphatic rings. The molecule has 0 spiro atoms. The molecule has 2 N–H and O–H groups in total. The fourth-order valence-corrected chi connectivity index (χ4v) is 3.74. The number of benzene rings is 2. The number of hydrogen-bond acceptors (Lipinski definition) is 5. The third-order valence-electron chi connectivity index (χ3n) is 5.09. The lowest BCUT2D eigenvalue weighted by Crippen LogP contribution is -2.34. The van der Waals surface area contributed by atoms with Crippen LogP contribution in [0.2, 0.25) is 0 Å². The Morgan fingerprint density at radius 3 is 2.41 bits per heavy atom. The van der Waals surface area contributed by atoms with E-state index < -0.39 is 41.1 Å². The number of nitro groups is 1. The van der Waals surface area contributed by atoms with Crippen LogP contribution in [0.15, 0.2) is 42.5 Å². The molecule has 0 aliphatic carbocycles. The molecule has 1 atom stereocenters. The maximum absolute atomic E-state index is 14.9. The summed E-state index contributed by atoms with van der Waals surface area (Å²) in [4.78, 5) is 35.0. The highest BCUT2D eigenvalue weighted by molar-refractivity contribution is 5.94. The van der Waals surface area contributed by atoms with Gasteiger partial charge in [0.2, 0.25) is 6.54 Å². The van der Waals surface area contributed by atoms with Gasteiger partial charge < -0.3 is 15.1 Å². The van der Waals surface area contributed by atoms with Crippen molar-refractivity contribution in [1.29, 1.82) is 0 Å². The Bertz CT molecular complexity index is 935. The van der Waals surface area contributed by atoms with Crippen molar-refractivity contribution in [2.75, 3.05) is 18.0 Å². The van der Waals surface area contributed by atoms with Crippen LogP contribution in [0.1, 0.15) is 22.6 Å². The highest BCUT2D eigenvalue weighted by atomic mass is 19.1. The number of carboxylic acids is 2. The van der Waals surface area contributed by atoms with Gasteiger partial charge in [-0.2, -0.15) is 0 Å². The Labute approximate surface area is 165 Å².